The number of hydrogen-bond donors (Lipinski definition) is 2. The summed E-state index contributed by atoms with van der Waals surface area (Å²) in [7, 11) is 0. The molecule has 0 spiro atoms. The van der Waals surface area contributed by atoms with Gasteiger partial charge in [0, 0.05) is 24.7 Å². The molecule has 2 N–H and O–H groups in total. The molecule has 0 aliphatic carbocycles. The van der Waals surface area contributed by atoms with E-state index in [0.29, 0.717) is 24.8 Å². The van der Waals surface area contributed by atoms with Crippen molar-refractivity contribution in [2.24, 2.45) is 0 Å². The zero-order valence-corrected chi connectivity index (χ0v) is 14.8. The lowest BCUT2D eigenvalue weighted by molar-refractivity contribution is 0.234. The van der Waals surface area contributed by atoms with Crippen molar-refractivity contribution in [3.63, 3.8) is 0 Å². The molecular weight excluding hydrogens is 346 g/mol. The van der Waals surface area contributed by atoms with Crippen molar-refractivity contribution in [3.8, 4) is 11.5 Å². The predicted molar refractivity (Wildman–Crippen MR) is 97.5 cm³/mol. The number of urea groups is 1. The Labute approximate surface area is 156 Å². The fourth-order valence-corrected chi connectivity index (χ4v) is 3.13. The average Bonchev–Trinajstić information content (AvgIpc) is 3.44. The molecule has 1 aromatic carbocycles. The zero-order valence-electron chi connectivity index (χ0n) is 14.8. The van der Waals surface area contributed by atoms with Gasteiger partial charge in [-0.2, -0.15) is 4.98 Å². The van der Waals surface area contributed by atoms with Crippen LogP contribution in [0.5, 0.6) is 0 Å². The van der Waals surface area contributed by atoms with E-state index in [9.17, 15) is 4.79 Å². The van der Waals surface area contributed by atoms with E-state index in [0.717, 1.165) is 30.8 Å². The van der Waals surface area contributed by atoms with Crippen LogP contribution in [0.25, 0.3) is 11.5 Å². The number of rotatable bonds is 6. The summed E-state index contributed by atoms with van der Waals surface area (Å²) in [4.78, 5) is 18.7. The van der Waals surface area contributed by atoms with Crippen LogP contribution in [0.1, 0.15) is 18.0 Å². The van der Waals surface area contributed by atoms with Gasteiger partial charge in [-0.1, -0.05) is 23.4 Å². The fraction of sp³-hybridized carbons (Fsp3) is 0.316. The Balaban J connectivity index is 1.24. The highest BCUT2D eigenvalue weighted by Gasteiger charge is 2.25. The van der Waals surface area contributed by atoms with E-state index in [1.165, 1.54) is 0 Å². The number of nitrogens with zero attached hydrogens (tertiary/aromatic N) is 3. The van der Waals surface area contributed by atoms with E-state index in [4.69, 9.17) is 8.94 Å². The number of carbonyl (C=O) groups excluding carboxylic acids is 1. The van der Waals surface area contributed by atoms with E-state index in [-0.39, 0.29) is 12.1 Å². The van der Waals surface area contributed by atoms with Crippen LogP contribution >= 0.6 is 0 Å². The molecule has 1 aliphatic heterocycles. The first-order valence-electron chi connectivity index (χ1n) is 8.93. The number of furan rings is 1. The predicted octanol–water partition coefficient (Wildman–Crippen LogP) is 2.40. The van der Waals surface area contributed by atoms with Gasteiger partial charge >= 0.3 is 6.03 Å². The largest absolute Gasteiger partial charge is 0.467 e. The van der Waals surface area contributed by atoms with Crippen LogP contribution in [-0.4, -0.2) is 40.2 Å². The number of amides is 2. The Morgan fingerprint density at radius 3 is 2.93 bits per heavy atom. The van der Waals surface area contributed by atoms with Crippen LogP contribution in [0.15, 0.2) is 57.7 Å². The second-order valence-corrected chi connectivity index (χ2v) is 6.51. The van der Waals surface area contributed by atoms with Crippen molar-refractivity contribution in [3.05, 3.63) is 60.3 Å². The minimum Gasteiger partial charge on any atom is -0.467 e. The number of likely N-dealkylation sites (tertiary alicyclic amines) is 1. The summed E-state index contributed by atoms with van der Waals surface area (Å²) in [5, 5.41) is 9.85. The summed E-state index contributed by atoms with van der Waals surface area (Å²) >= 11 is 0. The molecule has 2 aromatic heterocycles. The molecule has 2 amide bonds. The molecule has 1 atom stereocenters. The SMILES string of the molecule is O=C(NCc1ccco1)NC1CCN(Cc2noc(-c3ccccc3)n2)C1. The lowest BCUT2D eigenvalue weighted by atomic mass is 10.2. The molecule has 3 heterocycles. The van der Waals surface area contributed by atoms with E-state index in [1.54, 1.807) is 12.3 Å². The lowest BCUT2D eigenvalue weighted by Gasteiger charge is -2.15. The van der Waals surface area contributed by atoms with Crippen molar-refractivity contribution < 1.29 is 13.7 Å². The standard InChI is InChI=1S/C19H21N5O3/c25-19(20-11-16-7-4-10-26-16)21-15-8-9-24(12-15)13-17-22-18(27-23-17)14-5-2-1-3-6-14/h1-7,10,15H,8-9,11-13H2,(H2,20,21,25). The first kappa shape index (κ1) is 17.3. The summed E-state index contributed by atoms with van der Waals surface area (Å²) in [6.45, 7) is 2.60. The van der Waals surface area contributed by atoms with E-state index in [1.807, 2.05) is 36.4 Å². The summed E-state index contributed by atoms with van der Waals surface area (Å²) in [6, 6.07) is 13.2. The highest BCUT2D eigenvalue weighted by Crippen LogP contribution is 2.18. The average molecular weight is 367 g/mol. The molecule has 1 unspecified atom stereocenters. The number of aromatic nitrogens is 2. The molecule has 140 valence electrons. The number of benzene rings is 1. The van der Waals surface area contributed by atoms with Crippen molar-refractivity contribution in [2.45, 2.75) is 25.6 Å². The van der Waals surface area contributed by atoms with Gasteiger partial charge in [0.05, 0.1) is 19.4 Å². The van der Waals surface area contributed by atoms with Gasteiger partial charge in [-0.05, 0) is 30.7 Å². The zero-order chi connectivity index (χ0) is 18.5. The van der Waals surface area contributed by atoms with Crippen LogP contribution in [0.3, 0.4) is 0 Å². The minimum absolute atomic E-state index is 0.0992. The highest BCUT2D eigenvalue weighted by atomic mass is 16.5. The van der Waals surface area contributed by atoms with Gasteiger partial charge in [0.2, 0.25) is 0 Å². The van der Waals surface area contributed by atoms with Crippen molar-refractivity contribution in [1.29, 1.82) is 0 Å². The molecule has 4 rings (SSSR count). The van der Waals surface area contributed by atoms with Gasteiger partial charge in [-0.25, -0.2) is 4.79 Å². The smallest absolute Gasteiger partial charge is 0.315 e. The van der Waals surface area contributed by atoms with Gasteiger partial charge in [0.1, 0.15) is 5.76 Å². The highest BCUT2D eigenvalue weighted by molar-refractivity contribution is 5.74. The topological polar surface area (TPSA) is 96.4 Å². The van der Waals surface area contributed by atoms with E-state index >= 15 is 0 Å². The maximum Gasteiger partial charge on any atom is 0.315 e. The number of nitrogens with one attached hydrogen (secondary N) is 2. The maximum absolute atomic E-state index is 12.0. The Bertz CT molecular complexity index is 863. The van der Waals surface area contributed by atoms with Crippen molar-refractivity contribution >= 4 is 6.03 Å². The molecule has 27 heavy (non-hydrogen) atoms. The molecule has 8 heteroatoms. The van der Waals surface area contributed by atoms with Crippen LogP contribution in [0, 0.1) is 0 Å². The molecule has 1 saturated heterocycles. The minimum atomic E-state index is -0.191. The molecule has 8 nitrogen and oxygen atoms in total. The van der Waals surface area contributed by atoms with Crippen LogP contribution < -0.4 is 10.6 Å². The monoisotopic (exact) mass is 367 g/mol. The third kappa shape index (κ3) is 4.53. The van der Waals surface area contributed by atoms with Gasteiger partial charge in [-0.3, -0.25) is 4.90 Å². The Hall–Kier alpha value is -3.13. The van der Waals surface area contributed by atoms with E-state index in [2.05, 4.69) is 25.7 Å². The summed E-state index contributed by atoms with van der Waals surface area (Å²) in [5.41, 5.74) is 0.908. The summed E-state index contributed by atoms with van der Waals surface area (Å²) < 4.78 is 10.5. The molecule has 0 bridgehead atoms. The van der Waals surface area contributed by atoms with Gasteiger partial charge in [0.15, 0.2) is 5.82 Å². The van der Waals surface area contributed by atoms with Crippen molar-refractivity contribution in [1.82, 2.24) is 25.7 Å². The first-order chi connectivity index (χ1) is 13.3. The summed E-state index contributed by atoms with van der Waals surface area (Å²) in [5.74, 6) is 1.90. The van der Waals surface area contributed by atoms with Gasteiger partial charge in [0.25, 0.3) is 5.89 Å². The van der Waals surface area contributed by atoms with Crippen LogP contribution in [0.2, 0.25) is 0 Å². The maximum atomic E-state index is 12.0. The summed E-state index contributed by atoms with van der Waals surface area (Å²) in [6.07, 6.45) is 2.47. The second-order valence-electron chi connectivity index (χ2n) is 6.51. The van der Waals surface area contributed by atoms with E-state index < -0.39 is 0 Å². The molecular formula is C19H21N5O3. The van der Waals surface area contributed by atoms with Crippen LogP contribution in [-0.2, 0) is 13.1 Å². The normalized spacial score (nSPS) is 17.1. The van der Waals surface area contributed by atoms with Crippen molar-refractivity contribution in [2.75, 3.05) is 13.1 Å². The van der Waals surface area contributed by atoms with Gasteiger partial charge in [-0.15, -0.1) is 0 Å². The Morgan fingerprint density at radius 1 is 1.22 bits per heavy atom. The molecule has 3 aromatic rings. The molecule has 0 saturated carbocycles. The molecule has 1 fully saturated rings. The lowest BCUT2D eigenvalue weighted by Crippen LogP contribution is -2.43. The first-order valence-corrected chi connectivity index (χ1v) is 8.93. The Morgan fingerprint density at radius 2 is 2.11 bits per heavy atom. The number of carbonyl (C=O) groups is 1. The van der Waals surface area contributed by atoms with Crippen LogP contribution in [0.4, 0.5) is 4.79 Å². The third-order valence-electron chi connectivity index (χ3n) is 4.46. The quantitative estimate of drug-likeness (QED) is 0.694. The third-order valence-corrected chi connectivity index (χ3v) is 4.46. The number of hydrogen-bond acceptors (Lipinski definition) is 6. The second kappa shape index (κ2) is 8.05. The Kier molecular flexibility index (Phi) is 5.15. The molecule has 0 radical (unpaired) electrons. The molecule has 1 aliphatic rings. The fourth-order valence-electron chi connectivity index (χ4n) is 3.13. The van der Waals surface area contributed by atoms with Gasteiger partial charge < -0.3 is 19.6 Å².